The third-order valence-electron chi connectivity index (χ3n) is 7.15. The van der Waals surface area contributed by atoms with Crippen molar-refractivity contribution in [2.75, 3.05) is 0 Å². The normalized spacial score (nSPS) is 40.5. The van der Waals surface area contributed by atoms with Crippen LogP contribution in [-0.4, -0.2) is 60.8 Å². The number of phenols is 1. The molecular formula is C21H23NO8. The third kappa shape index (κ3) is 2.25. The maximum absolute atomic E-state index is 13.2. The van der Waals surface area contributed by atoms with E-state index in [1.165, 1.54) is 13.0 Å². The maximum Gasteiger partial charge on any atom is 0.230 e. The molecule has 0 aromatic heterocycles. The Balaban J connectivity index is 2.00. The zero-order valence-corrected chi connectivity index (χ0v) is 16.3. The molecule has 3 aliphatic rings. The first-order valence-electron chi connectivity index (χ1n) is 9.68. The molecule has 1 fully saturated rings. The fraction of sp³-hybridized carbons (Fsp3) is 0.476. The summed E-state index contributed by atoms with van der Waals surface area (Å²) >= 11 is 0. The van der Waals surface area contributed by atoms with Crippen molar-refractivity contribution < 1.29 is 39.9 Å². The molecule has 1 saturated carbocycles. The highest BCUT2D eigenvalue weighted by Gasteiger charge is 2.68. The monoisotopic (exact) mass is 417 g/mol. The standard InChI is InChI=1S/C21H23NO8/c1-6-8-4-3-5-9(23)11(8)16(25)12-10(6)17(26)14-7(2)15(24)13(20(22)29)19(28)21(14,30)18(12)27/h3-7,10,13-15,17,23-24,26-27,30H,1-2H3,(H2,22,29). The summed E-state index contributed by atoms with van der Waals surface area (Å²) in [4.78, 5) is 38.0. The van der Waals surface area contributed by atoms with E-state index in [0.717, 1.165) is 0 Å². The number of aromatic hydroxyl groups is 1. The first kappa shape index (κ1) is 20.5. The molecule has 160 valence electrons. The number of Topliss-reactive ketones (excluding diaryl/α,β-unsaturated/α-hetero) is 2. The largest absolute Gasteiger partial charge is 0.508 e. The molecule has 0 aliphatic heterocycles. The van der Waals surface area contributed by atoms with Crippen molar-refractivity contribution in [1.82, 2.24) is 0 Å². The van der Waals surface area contributed by atoms with Crippen LogP contribution in [0.2, 0.25) is 0 Å². The molecule has 3 aliphatic carbocycles. The van der Waals surface area contributed by atoms with E-state index in [-0.39, 0.29) is 16.9 Å². The van der Waals surface area contributed by atoms with Gasteiger partial charge in [0.15, 0.2) is 17.2 Å². The van der Waals surface area contributed by atoms with Gasteiger partial charge >= 0.3 is 0 Å². The second-order valence-electron chi connectivity index (χ2n) is 8.52. The molecule has 0 heterocycles. The third-order valence-corrected chi connectivity index (χ3v) is 7.15. The molecular weight excluding hydrogens is 394 g/mol. The van der Waals surface area contributed by atoms with Gasteiger partial charge < -0.3 is 31.3 Å². The van der Waals surface area contributed by atoms with Gasteiger partial charge in [0.1, 0.15) is 17.4 Å². The van der Waals surface area contributed by atoms with Crippen LogP contribution in [0.1, 0.15) is 35.7 Å². The Morgan fingerprint density at radius 3 is 2.33 bits per heavy atom. The van der Waals surface area contributed by atoms with E-state index in [1.54, 1.807) is 19.1 Å². The van der Waals surface area contributed by atoms with Crippen LogP contribution in [-0.2, 0) is 9.59 Å². The van der Waals surface area contributed by atoms with Crippen LogP contribution >= 0.6 is 0 Å². The molecule has 9 nitrogen and oxygen atoms in total. The van der Waals surface area contributed by atoms with Crippen LogP contribution in [0.25, 0.3) is 0 Å². The van der Waals surface area contributed by atoms with Crippen molar-refractivity contribution >= 4 is 17.5 Å². The van der Waals surface area contributed by atoms with Crippen LogP contribution in [0.3, 0.4) is 0 Å². The van der Waals surface area contributed by atoms with Crippen LogP contribution in [0.5, 0.6) is 5.75 Å². The number of fused-ring (bicyclic) bond motifs is 3. The van der Waals surface area contributed by atoms with E-state index in [2.05, 4.69) is 0 Å². The number of carbonyl (C=O) groups is 3. The Kier molecular flexibility index (Phi) is 4.36. The number of carbonyl (C=O) groups excluding carboxylic acids is 3. The second kappa shape index (κ2) is 6.37. The lowest BCUT2D eigenvalue weighted by Crippen LogP contribution is -2.70. The number of amides is 1. The van der Waals surface area contributed by atoms with Crippen molar-refractivity contribution in [2.24, 2.45) is 29.4 Å². The first-order chi connectivity index (χ1) is 14.0. The summed E-state index contributed by atoms with van der Waals surface area (Å²) in [5.41, 5.74) is 2.45. The van der Waals surface area contributed by atoms with E-state index >= 15 is 0 Å². The Morgan fingerprint density at radius 1 is 1.10 bits per heavy atom. The molecule has 0 radical (unpaired) electrons. The highest BCUT2D eigenvalue weighted by atomic mass is 16.4. The molecule has 8 atom stereocenters. The van der Waals surface area contributed by atoms with Gasteiger partial charge in [-0.25, -0.2) is 0 Å². The smallest absolute Gasteiger partial charge is 0.230 e. The zero-order valence-electron chi connectivity index (χ0n) is 16.3. The zero-order chi connectivity index (χ0) is 22.3. The minimum Gasteiger partial charge on any atom is -0.508 e. The molecule has 0 saturated heterocycles. The quantitative estimate of drug-likeness (QED) is 0.332. The van der Waals surface area contributed by atoms with Gasteiger partial charge in [-0.05, 0) is 23.5 Å². The average molecular weight is 417 g/mol. The number of rotatable bonds is 1. The van der Waals surface area contributed by atoms with Crippen LogP contribution in [0.15, 0.2) is 29.5 Å². The number of hydrogen-bond acceptors (Lipinski definition) is 8. The lowest BCUT2D eigenvalue weighted by molar-refractivity contribution is -0.191. The van der Waals surface area contributed by atoms with Crippen molar-refractivity contribution in [3.05, 3.63) is 40.7 Å². The molecule has 0 bridgehead atoms. The summed E-state index contributed by atoms with van der Waals surface area (Å²) in [5.74, 6) is -10.3. The Bertz CT molecular complexity index is 1020. The summed E-state index contributed by atoms with van der Waals surface area (Å²) < 4.78 is 0. The van der Waals surface area contributed by atoms with Gasteiger partial charge in [-0.3, -0.25) is 14.4 Å². The van der Waals surface area contributed by atoms with Crippen LogP contribution < -0.4 is 5.73 Å². The highest BCUT2D eigenvalue weighted by Crippen LogP contribution is 2.56. The molecule has 7 N–H and O–H groups in total. The number of hydrogen-bond donors (Lipinski definition) is 6. The molecule has 0 spiro atoms. The average Bonchev–Trinajstić information content (AvgIpc) is 2.67. The highest BCUT2D eigenvalue weighted by molar-refractivity contribution is 6.15. The number of benzene rings is 1. The maximum atomic E-state index is 13.2. The lowest BCUT2D eigenvalue weighted by atomic mass is 9.52. The summed E-state index contributed by atoms with van der Waals surface area (Å²) in [7, 11) is 0. The van der Waals surface area contributed by atoms with Gasteiger partial charge in [0.25, 0.3) is 0 Å². The molecule has 8 unspecified atom stereocenters. The molecule has 1 aromatic rings. The summed E-state index contributed by atoms with van der Waals surface area (Å²) in [6.07, 6.45) is -3.08. The van der Waals surface area contributed by atoms with Gasteiger partial charge in [0, 0.05) is 17.4 Å². The summed E-state index contributed by atoms with van der Waals surface area (Å²) in [5, 5.41) is 54.2. The number of phenolic OH excluding ortho intramolecular Hbond substituents is 1. The van der Waals surface area contributed by atoms with Crippen molar-refractivity contribution in [3.63, 3.8) is 0 Å². The van der Waals surface area contributed by atoms with Gasteiger partial charge in [-0.15, -0.1) is 0 Å². The first-order valence-corrected chi connectivity index (χ1v) is 9.68. The minimum absolute atomic E-state index is 0.0835. The summed E-state index contributed by atoms with van der Waals surface area (Å²) in [6.45, 7) is 3.12. The van der Waals surface area contributed by atoms with Gasteiger partial charge in [-0.1, -0.05) is 26.0 Å². The SMILES string of the molecule is CC1c2cccc(O)c2C(=O)C2=C(O)C3(O)C(=O)C(C(N)=O)C(O)C(C)C3C(O)C21. The van der Waals surface area contributed by atoms with E-state index in [9.17, 15) is 39.9 Å². The molecule has 1 aromatic carbocycles. The predicted molar refractivity (Wildman–Crippen MR) is 101 cm³/mol. The van der Waals surface area contributed by atoms with Crippen molar-refractivity contribution in [3.8, 4) is 5.75 Å². The molecule has 1 amide bonds. The van der Waals surface area contributed by atoms with E-state index in [1.807, 2.05) is 0 Å². The van der Waals surface area contributed by atoms with Gasteiger partial charge in [0.2, 0.25) is 5.91 Å². The van der Waals surface area contributed by atoms with Gasteiger partial charge in [-0.2, -0.15) is 0 Å². The van der Waals surface area contributed by atoms with Crippen molar-refractivity contribution in [1.29, 1.82) is 0 Å². The van der Waals surface area contributed by atoms with Crippen LogP contribution in [0.4, 0.5) is 0 Å². The number of ketones is 2. The molecule has 9 heteroatoms. The number of primary amides is 1. The second-order valence-corrected chi connectivity index (χ2v) is 8.52. The molecule has 4 rings (SSSR count). The predicted octanol–water partition coefficient (Wildman–Crippen LogP) is -0.477. The Labute approximate surface area is 171 Å². The minimum atomic E-state index is -2.78. The van der Waals surface area contributed by atoms with Gasteiger partial charge in [0.05, 0.1) is 17.8 Å². The molecule has 30 heavy (non-hydrogen) atoms. The number of aliphatic hydroxyl groups excluding tert-OH is 3. The fourth-order valence-corrected chi connectivity index (χ4v) is 5.66. The van der Waals surface area contributed by atoms with Crippen molar-refractivity contribution in [2.45, 2.75) is 37.6 Å². The number of aliphatic hydroxyl groups is 4. The van der Waals surface area contributed by atoms with Crippen LogP contribution in [0, 0.1) is 23.7 Å². The summed E-state index contributed by atoms with van der Waals surface area (Å²) in [6, 6.07) is 4.46. The Morgan fingerprint density at radius 2 is 1.73 bits per heavy atom. The fourth-order valence-electron chi connectivity index (χ4n) is 5.66. The number of nitrogens with two attached hydrogens (primary N) is 1. The lowest BCUT2D eigenvalue weighted by Gasteiger charge is -2.54. The van der Waals surface area contributed by atoms with E-state index in [0.29, 0.717) is 5.56 Å². The topological polar surface area (TPSA) is 178 Å². The van der Waals surface area contributed by atoms with E-state index in [4.69, 9.17) is 5.73 Å². The Hall–Kier alpha value is -2.75. The van der Waals surface area contributed by atoms with E-state index < -0.39 is 70.6 Å².